The minimum absolute atomic E-state index is 0.284. The van der Waals surface area contributed by atoms with Crippen molar-refractivity contribution in [2.45, 2.75) is 38.2 Å². The van der Waals surface area contributed by atoms with Gasteiger partial charge in [-0.05, 0) is 70.2 Å². The molecule has 128 valence electrons. The summed E-state index contributed by atoms with van der Waals surface area (Å²) in [6, 6.07) is 2.88. The largest absolute Gasteiger partial charge is 0.506 e. The number of aromatic hydroxyl groups is 1. The number of rotatable bonds is 6. The van der Waals surface area contributed by atoms with Gasteiger partial charge in [-0.15, -0.1) is 0 Å². The molecule has 0 saturated carbocycles. The summed E-state index contributed by atoms with van der Waals surface area (Å²) in [4.78, 5) is 23.1. The Bertz CT molecular complexity index is 630. The quantitative estimate of drug-likeness (QED) is 0.410. The fraction of sp³-hybridized carbons (Fsp3) is 0.429. The molecule has 0 aliphatic carbocycles. The van der Waals surface area contributed by atoms with Crippen LogP contribution in [0.2, 0.25) is 0 Å². The van der Waals surface area contributed by atoms with E-state index in [0.717, 1.165) is 0 Å². The summed E-state index contributed by atoms with van der Waals surface area (Å²) in [7, 11) is 0. The lowest BCUT2D eigenvalue weighted by Crippen LogP contribution is -2.55. The predicted molar refractivity (Wildman–Crippen MR) is 94.9 cm³/mol. The van der Waals surface area contributed by atoms with E-state index in [2.05, 4.69) is 0 Å². The fourth-order valence-corrected chi connectivity index (χ4v) is 3.90. The minimum Gasteiger partial charge on any atom is -0.506 e. The number of carbonyl (C=O) groups excluding carboxylic acids is 1. The van der Waals surface area contributed by atoms with Crippen LogP contribution in [0.4, 0.5) is 8.78 Å². The summed E-state index contributed by atoms with van der Waals surface area (Å²) >= 11 is 3.68. The fourth-order valence-electron chi connectivity index (χ4n) is 2.05. The normalized spacial score (nSPS) is 12.1. The van der Waals surface area contributed by atoms with Crippen molar-refractivity contribution in [3.8, 4) is 5.75 Å². The molecule has 0 atom stereocenters. The average Bonchev–Trinajstić information content (AvgIpc) is 2.47. The van der Waals surface area contributed by atoms with Gasteiger partial charge < -0.3 is 14.9 Å². The zero-order valence-corrected chi connectivity index (χ0v) is 16.5. The topological polar surface area (TPSA) is 83.8 Å². The molecule has 0 heterocycles. The highest BCUT2D eigenvalue weighted by Crippen LogP contribution is 2.40. The Morgan fingerprint density at radius 2 is 1.74 bits per heavy atom. The third kappa shape index (κ3) is 3.86. The number of phenols is 1. The van der Waals surface area contributed by atoms with Crippen molar-refractivity contribution in [3.05, 3.63) is 24.8 Å². The molecule has 1 aromatic carbocycles. The number of alkyl halides is 2. The molecule has 0 saturated heterocycles. The first-order valence-corrected chi connectivity index (χ1v) is 8.70. The molecule has 0 unspecified atom stereocenters. The molecule has 9 heteroatoms. The van der Waals surface area contributed by atoms with Crippen molar-refractivity contribution >= 4 is 57.1 Å². The highest BCUT2D eigenvalue weighted by Gasteiger charge is 2.60. The molecule has 23 heavy (non-hydrogen) atoms. The standard InChI is InChI=1S/C14H14F2I2O5/c1-3-13(4-2,14(15,16)12(21)22)23-11(20)8-5-7(17)6-9(18)10(8)19/h5-6,19H,3-4H2,1-2H3,(H,21,22). The number of hydrogen-bond donors (Lipinski definition) is 2. The molecule has 0 fully saturated rings. The second kappa shape index (κ2) is 7.45. The number of phenolic OH excluding ortho intramolecular Hbond substituents is 1. The third-order valence-electron chi connectivity index (χ3n) is 3.52. The van der Waals surface area contributed by atoms with Gasteiger partial charge in [0.2, 0.25) is 0 Å². The Morgan fingerprint density at radius 3 is 2.17 bits per heavy atom. The summed E-state index contributed by atoms with van der Waals surface area (Å²) in [5, 5.41) is 18.7. The Morgan fingerprint density at radius 1 is 1.22 bits per heavy atom. The van der Waals surface area contributed by atoms with Crippen molar-refractivity contribution in [1.29, 1.82) is 0 Å². The molecule has 1 rings (SSSR count). The second-order valence-corrected chi connectivity index (χ2v) is 7.16. The van der Waals surface area contributed by atoms with Crippen molar-refractivity contribution < 1.29 is 33.3 Å². The number of carbonyl (C=O) groups is 2. The van der Waals surface area contributed by atoms with E-state index in [1.807, 2.05) is 22.6 Å². The van der Waals surface area contributed by atoms with E-state index in [4.69, 9.17) is 9.84 Å². The zero-order chi connectivity index (χ0) is 18.0. The number of halogens is 4. The van der Waals surface area contributed by atoms with Crippen LogP contribution >= 0.6 is 45.2 Å². The number of aliphatic carboxylic acids is 1. The minimum atomic E-state index is -4.25. The Kier molecular flexibility index (Phi) is 6.58. The van der Waals surface area contributed by atoms with Gasteiger partial charge in [-0.1, -0.05) is 13.8 Å². The summed E-state index contributed by atoms with van der Waals surface area (Å²) in [6.07, 6.45) is -0.785. The van der Waals surface area contributed by atoms with Gasteiger partial charge in [-0.2, -0.15) is 8.78 Å². The maximum atomic E-state index is 14.1. The van der Waals surface area contributed by atoms with Crippen LogP contribution in [0.5, 0.6) is 5.75 Å². The van der Waals surface area contributed by atoms with Gasteiger partial charge in [0.15, 0.2) is 5.60 Å². The monoisotopic (exact) mass is 554 g/mol. The van der Waals surface area contributed by atoms with Crippen LogP contribution in [0.1, 0.15) is 37.0 Å². The van der Waals surface area contributed by atoms with Gasteiger partial charge in [0.05, 0.1) is 3.57 Å². The van der Waals surface area contributed by atoms with E-state index in [0.29, 0.717) is 7.14 Å². The molecule has 0 bridgehead atoms. The third-order valence-corrected chi connectivity index (χ3v) is 4.96. The number of esters is 1. The molecular formula is C14H14F2I2O5. The van der Waals surface area contributed by atoms with Crippen molar-refractivity contribution in [2.24, 2.45) is 0 Å². The molecule has 1 aromatic rings. The van der Waals surface area contributed by atoms with Crippen LogP contribution in [0, 0.1) is 7.14 Å². The van der Waals surface area contributed by atoms with E-state index in [1.54, 1.807) is 28.7 Å². The molecule has 0 aliphatic heterocycles. The Hall–Kier alpha value is -0.720. The van der Waals surface area contributed by atoms with Gasteiger partial charge in [-0.25, -0.2) is 9.59 Å². The number of benzene rings is 1. The number of carboxylic acids is 1. The van der Waals surface area contributed by atoms with Crippen molar-refractivity contribution in [2.75, 3.05) is 0 Å². The van der Waals surface area contributed by atoms with Crippen LogP contribution in [0.15, 0.2) is 12.1 Å². The van der Waals surface area contributed by atoms with Crippen LogP contribution in [-0.2, 0) is 9.53 Å². The van der Waals surface area contributed by atoms with E-state index >= 15 is 0 Å². The maximum absolute atomic E-state index is 14.1. The first-order valence-electron chi connectivity index (χ1n) is 6.55. The predicted octanol–water partition coefficient (Wildman–Crippen LogP) is 4.04. The zero-order valence-electron chi connectivity index (χ0n) is 12.2. The molecule has 0 spiro atoms. The van der Waals surface area contributed by atoms with Gasteiger partial charge in [0, 0.05) is 3.57 Å². The van der Waals surface area contributed by atoms with E-state index in [-0.39, 0.29) is 5.56 Å². The van der Waals surface area contributed by atoms with E-state index < -0.39 is 42.1 Å². The summed E-state index contributed by atoms with van der Waals surface area (Å²) < 4.78 is 34.0. The van der Waals surface area contributed by atoms with Crippen molar-refractivity contribution in [3.63, 3.8) is 0 Å². The molecule has 0 radical (unpaired) electrons. The molecule has 0 amide bonds. The maximum Gasteiger partial charge on any atom is 0.381 e. The van der Waals surface area contributed by atoms with Crippen LogP contribution in [-0.4, -0.2) is 33.7 Å². The number of hydrogen-bond acceptors (Lipinski definition) is 4. The summed E-state index contributed by atoms with van der Waals surface area (Å²) in [5.74, 6) is -8.20. The second-order valence-electron chi connectivity index (χ2n) is 4.75. The van der Waals surface area contributed by atoms with E-state index in [9.17, 15) is 23.5 Å². The first kappa shape index (κ1) is 20.3. The molecule has 5 nitrogen and oxygen atoms in total. The van der Waals surface area contributed by atoms with Gasteiger partial charge in [-0.3, -0.25) is 0 Å². The molecule has 0 aliphatic rings. The first-order chi connectivity index (χ1) is 10.5. The van der Waals surface area contributed by atoms with Crippen LogP contribution in [0.3, 0.4) is 0 Å². The molecular weight excluding hydrogens is 540 g/mol. The molecule has 0 aromatic heterocycles. The van der Waals surface area contributed by atoms with Gasteiger partial charge >= 0.3 is 17.9 Å². The Labute approximate surface area is 158 Å². The Balaban J connectivity index is 3.31. The smallest absolute Gasteiger partial charge is 0.381 e. The average molecular weight is 554 g/mol. The van der Waals surface area contributed by atoms with Crippen LogP contribution < -0.4 is 0 Å². The lowest BCUT2D eigenvalue weighted by Gasteiger charge is -2.35. The van der Waals surface area contributed by atoms with E-state index in [1.165, 1.54) is 19.9 Å². The lowest BCUT2D eigenvalue weighted by atomic mass is 9.89. The molecule has 2 N–H and O–H groups in total. The van der Waals surface area contributed by atoms with Crippen molar-refractivity contribution in [1.82, 2.24) is 0 Å². The highest BCUT2D eigenvalue weighted by atomic mass is 127. The summed E-state index contributed by atoms with van der Waals surface area (Å²) in [5.41, 5.74) is -2.77. The van der Waals surface area contributed by atoms with Gasteiger partial charge in [0.1, 0.15) is 11.3 Å². The number of ether oxygens (including phenoxy) is 1. The highest BCUT2D eigenvalue weighted by molar-refractivity contribution is 14.1. The van der Waals surface area contributed by atoms with Gasteiger partial charge in [0.25, 0.3) is 0 Å². The number of carboxylic acid groups (broad SMARTS) is 1. The SMILES string of the molecule is CCC(CC)(OC(=O)c1cc(I)cc(I)c1O)C(F)(F)C(=O)O. The lowest BCUT2D eigenvalue weighted by molar-refractivity contribution is -0.210. The van der Waals surface area contributed by atoms with Crippen LogP contribution in [0.25, 0.3) is 0 Å². The summed E-state index contributed by atoms with van der Waals surface area (Å²) in [6.45, 7) is 2.62.